The molecule has 0 bridgehead atoms. The Morgan fingerprint density at radius 2 is 1.55 bits per heavy atom. The summed E-state index contributed by atoms with van der Waals surface area (Å²) in [5.41, 5.74) is 3.67. The first-order valence-corrected chi connectivity index (χ1v) is 9.52. The minimum absolute atomic E-state index is 0.225. The second-order valence-corrected chi connectivity index (χ2v) is 6.59. The van der Waals surface area contributed by atoms with Gasteiger partial charge in [-0.05, 0) is 48.0 Å². The van der Waals surface area contributed by atoms with Gasteiger partial charge in [-0.1, -0.05) is 35.9 Å². The van der Waals surface area contributed by atoms with Gasteiger partial charge in [-0.2, -0.15) is 5.10 Å². The lowest BCUT2D eigenvalue weighted by Gasteiger charge is -2.10. The van der Waals surface area contributed by atoms with Crippen molar-refractivity contribution in [2.24, 2.45) is 5.10 Å². The maximum Gasteiger partial charge on any atom is 0.345 e. The molecule has 0 spiro atoms. The molecule has 1 N–H and O–H groups in total. The van der Waals surface area contributed by atoms with Crippen LogP contribution in [0.1, 0.15) is 26.3 Å². The van der Waals surface area contributed by atoms with E-state index >= 15 is 0 Å². The zero-order valence-electron chi connectivity index (χ0n) is 16.8. The number of amides is 1. The van der Waals surface area contributed by atoms with E-state index in [-0.39, 0.29) is 11.3 Å². The van der Waals surface area contributed by atoms with E-state index in [0.717, 1.165) is 0 Å². The smallest absolute Gasteiger partial charge is 0.345 e. The number of para-hydroxylation sites is 1. The van der Waals surface area contributed by atoms with Gasteiger partial charge in [0.05, 0.1) is 36.6 Å². The van der Waals surface area contributed by atoms with Gasteiger partial charge in [-0.3, -0.25) is 4.79 Å². The molecule has 158 valence electrons. The highest BCUT2D eigenvalue weighted by Gasteiger charge is 2.15. The van der Waals surface area contributed by atoms with Gasteiger partial charge in [0.2, 0.25) is 0 Å². The van der Waals surface area contributed by atoms with Gasteiger partial charge in [-0.15, -0.1) is 0 Å². The quantitative estimate of drug-likeness (QED) is 0.256. The van der Waals surface area contributed by atoms with Crippen molar-refractivity contribution in [1.29, 1.82) is 0 Å². The third-order valence-corrected chi connectivity index (χ3v) is 4.55. The first kappa shape index (κ1) is 21.9. The molecule has 8 heteroatoms. The highest BCUT2D eigenvalue weighted by Crippen LogP contribution is 2.29. The minimum Gasteiger partial charge on any atom is -0.496 e. The van der Waals surface area contributed by atoms with Crippen LogP contribution in [0.3, 0.4) is 0 Å². The molecule has 0 aromatic heterocycles. The number of carbonyl (C=O) groups excluding carboxylic acids is 2. The topological polar surface area (TPSA) is 86.2 Å². The monoisotopic (exact) mass is 438 g/mol. The number of ether oxygens (including phenoxy) is 3. The summed E-state index contributed by atoms with van der Waals surface area (Å²) in [7, 11) is 2.94. The zero-order chi connectivity index (χ0) is 22.2. The van der Waals surface area contributed by atoms with Crippen molar-refractivity contribution in [1.82, 2.24) is 5.43 Å². The summed E-state index contributed by atoms with van der Waals surface area (Å²) in [4.78, 5) is 24.7. The maximum atomic E-state index is 12.4. The molecule has 0 saturated carbocycles. The van der Waals surface area contributed by atoms with E-state index in [1.807, 2.05) is 0 Å². The second-order valence-electron chi connectivity index (χ2n) is 6.18. The summed E-state index contributed by atoms with van der Waals surface area (Å²) in [6.07, 6.45) is 1.44. The van der Waals surface area contributed by atoms with E-state index in [1.54, 1.807) is 66.7 Å². The lowest BCUT2D eigenvalue weighted by Crippen LogP contribution is -2.18. The molecule has 3 aromatic rings. The number of hydrogen-bond donors (Lipinski definition) is 1. The standard InChI is InChI=1S/C23H19ClN2O5/c1-29-19-10-6-4-8-17(19)22(27)26-25-14-15-11-12-20(21(13-15)30-2)31-23(28)16-7-3-5-9-18(16)24/h3-14H,1-2H3,(H,26,27)/b25-14-. The largest absolute Gasteiger partial charge is 0.496 e. The maximum absolute atomic E-state index is 12.4. The van der Waals surface area contributed by atoms with E-state index in [0.29, 0.717) is 27.6 Å². The van der Waals surface area contributed by atoms with Gasteiger partial charge in [0, 0.05) is 0 Å². The van der Waals surface area contributed by atoms with Crippen LogP contribution in [0.2, 0.25) is 5.02 Å². The fraction of sp³-hybridized carbons (Fsp3) is 0.0870. The summed E-state index contributed by atoms with van der Waals surface area (Å²) in [6, 6.07) is 18.3. The van der Waals surface area contributed by atoms with E-state index in [9.17, 15) is 9.59 Å². The normalized spacial score (nSPS) is 10.5. The van der Waals surface area contributed by atoms with E-state index in [2.05, 4.69) is 10.5 Å². The molecule has 0 fully saturated rings. The lowest BCUT2D eigenvalue weighted by molar-refractivity contribution is 0.0729. The molecule has 3 rings (SSSR count). The van der Waals surface area contributed by atoms with Crippen LogP contribution in [0.15, 0.2) is 71.8 Å². The van der Waals surface area contributed by atoms with Gasteiger partial charge in [0.1, 0.15) is 5.75 Å². The SMILES string of the molecule is COc1cc(/C=N\NC(=O)c2ccccc2OC)ccc1OC(=O)c1ccccc1Cl. The minimum atomic E-state index is -0.602. The average Bonchev–Trinajstić information content (AvgIpc) is 2.80. The number of halogens is 1. The Labute approximate surface area is 184 Å². The molecular weight excluding hydrogens is 420 g/mol. The second kappa shape index (κ2) is 10.3. The molecule has 0 aliphatic rings. The Morgan fingerprint density at radius 3 is 2.26 bits per heavy atom. The van der Waals surface area contributed by atoms with Crippen LogP contribution in [-0.4, -0.2) is 32.3 Å². The van der Waals surface area contributed by atoms with Crippen molar-refractivity contribution in [2.75, 3.05) is 14.2 Å². The molecule has 0 unspecified atom stereocenters. The molecule has 0 heterocycles. The number of nitrogens with one attached hydrogen (secondary N) is 1. The van der Waals surface area contributed by atoms with Gasteiger partial charge >= 0.3 is 5.97 Å². The van der Waals surface area contributed by atoms with Crippen LogP contribution in [0, 0.1) is 0 Å². The van der Waals surface area contributed by atoms with E-state index in [4.69, 9.17) is 25.8 Å². The van der Waals surface area contributed by atoms with E-state index < -0.39 is 11.9 Å². The first-order valence-electron chi connectivity index (χ1n) is 9.14. The van der Waals surface area contributed by atoms with Crippen molar-refractivity contribution < 1.29 is 23.8 Å². The predicted octanol–water partition coefficient (Wildman–Crippen LogP) is 4.34. The van der Waals surface area contributed by atoms with Crippen molar-refractivity contribution in [3.05, 3.63) is 88.4 Å². The Hall–Kier alpha value is -3.84. The van der Waals surface area contributed by atoms with Crippen molar-refractivity contribution in [2.45, 2.75) is 0 Å². The number of hydrazone groups is 1. The molecule has 0 saturated heterocycles. The molecular formula is C23H19ClN2O5. The Morgan fingerprint density at radius 1 is 0.871 bits per heavy atom. The van der Waals surface area contributed by atoms with Gasteiger partial charge in [0.25, 0.3) is 5.91 Å². The summed E-state index contributed by atoms with van der Waals surface area (Å²) in [6.45, 7) is 0. The van der Waals surface area contributed by atoms with Crippen LogP contribution in [0.25, 0.3) is 0 Å². The van der Waals surface area contributed by atoms with Crippen LogP contribution < -0.4 is 19.6 Å². The third-order valence-electron chi connectivity index (χ3n) is 4.22. The predicted molar refractivity (Wildman–Crippen MR) is 117 cm³/mol. The highest BCUT2D eigenvalue weighted by molar-refractivity contribution is 6.33. The van der Waals surface area contributed by atoms with Crippen molar-refractivity contribution in [3.63, 3.8) is 0 Å². The average molecular weight is 439 g/mol. The molecule has 0 aliphatic carbocycles. The number of esters is 1. The first-order chi connectivity index (χ1) is 15.0. The number of benzene rings is 3. The van der Waals surface area contributed by atoms with E-state index in [1.165, 1.54) is 20.4 Å². The van der Waals surface area contributed by atoms with Crippen LogP contribution in [0.5, 0.6) is 17.2 Å². The Kier molecular flexibility index (Phi) is 7.24. The van der Waals surface area contributed by atoms with Crippen LogP contribution >= 0.6 is 11.6 Å². The number of methoxy groups -OCH3 is 2. The fourth-order valence-electron chi connectivity index (χ4n) is 2.69. The third kappa shape index (κ3) is 5.40. The molecule has 7 nitrogen and oxygen atoms in total. The van der Waals surface area contributed by atoms with Crippen molar-refractivity contribution in [3.8, 4) is 17.2 Å². The fourth-order valence-corrected chi connectivity index (χ4v) is 2.90. The molecule has 1 amide bonds. The highest BCUT2D eigenvalue weighted by atomic mass is 35.5. The molecule has 0 atom stereocenters. The summed E-state index contributed by atoms with van der Waals surface area (Å²) in [5.74, 6) is -0.0232. The molecule has 0 radical (unpaired) electrons. The van der Waals surface area contributed by atoms with Crippen LogP contribution in [-0.2, 0) is 0 Å². The number of rotatable bonds is 7. The van der Waals surface area contributed by atoms with Gasteiger partial charge < -0.3 is 14.2 Å². The lowest BCUT2D eigenvalue weighted by atomic mass is 10.2. The zero-order valence-corrected chi connectivity index (χ0v) is 17.6. The Bertz CT molecular complexity index is 1130. The van der Waals surface area contributed by atoms with Gasteiger partial charge in [0.15, 0.2) is 11.5 Å². The number of hydrogen-bond acceptors (Lipinski definition) is 6. The van der Waals surface area contributed by atoms with Crippen LogP contribution in [0.4, 0.5) is 0 Å². The van der Waals surface area contributed by atoms with Gasteiger partial charge in [-0.25, -0.2) is 10.2 Å². The summed E-state index contributed by atoms with van der Waals surface area (Å²) in [5, 5.41) is 4.25. The number of carbonyl (C=O) groups is 2. The Balaban J connectivity index is 1.70. The molecule has 31 heavy (non-hydrogen) atoms. The molecule has 0 aliphatic heterocycles. The number of nitrogens with zero attached hydrogens (tertiary/aromatic N) is 1. The molecule has 3 aromatic carbocycles. The van der Waals surface area contributed by atoms with Crippen molar-refractivity contribution >= 4 is 29.7 Å². The summed E-state index contributed by atoms with van der Waals surface area (Å²) >= 11 is 6.04. The summed E-state index contributed by atoms with van der Waals surface area (Å²) < 4.78 is 15.9.